The first-order valence-corrected chi connectivity index (χ1v) is 8.18. The monoisotopic (exact) mass is 295 g/mol. The number of fused-ring (bicyclic) bond motifs is 1. The van der Waals surface area contributed by atoms with Crippen LogP contribution in [0.4, 0.5) is 0 Å². The number of rotatable bonds is 2. The quantitative estimate of drug-likeness (QED) is 0.854. The van der Waals surface area contributed by atoms with Crippen LogP contribution in [0.5, 0.6) is 0 Å². The third-order valence-corrected chi connectivity index (χ3v) is 5.04. The minimum absolute atomic E-state index is 0.0626. The molecule has 1 aliphatic carbocycles. The fraction of sp³-hybridized carbons (Fsp3) is 0.444. The lowest BCUT2D eigenvalue weighted by molar-refractivity contribution is -0.134. The molecule has 2 atom stereocenters. The first-order valence-electron chi connectivity index (χ1n) is 8.18. The molecule has 22 heavy (non-hydrogen) atoms. The van der Waals surface area contributed by atoms with Crippen LogP contribution in [0.25, 0.3) is 0 Å². The van der Waals surface area contributed by atoms with Crippen LogP contribution >= 0.6 is 0 Å². The first kappa shape index (κ1) is 13.6. The predicted octanol–water partition coefficient (Wildman–Crippen LogP) is 2.78. The Labute approximate surface area is 130 Å². The Morgan fingerprint density at radius 2 is 2.09 bits per heavy atom. The molecule has 0 spiro atoms. The number of benzene rings is 1. The molecule has 1 aliphatic heterocycles. The van der Waals surface area contributed by atoms with Crippen molar-refractivity contribution in [3.63, 3.8) is 0 Å². The molecule has 4 rings (SSSR count). The van der Waals surface area contributed by atoms with Crippen molar-refractivity contribution in [3.05, 3.63) is 53.9 Å². The van der Waals surface area contributed by atoms with Crippen LogP contribution in [0.1, 0.15) is 42.3 Å². The Morgan fingerprint density at radius 1 is 1.18 bits per heavy atom. The SMILES string of the molecule is O=C([C@H]1CCc2ccccc21)N1CCC[C@@H](n2cccn2)C1. The van der Waals surface area contributed by atoms with Gasteiger partial charge in [-0.3, -0.25) is 9.48 Å². The highest BCUT2D eigenvalue weighted by Crippen LogP contribution is 2.35. The van der Waals surface area contributed by atoms with E-state index in [9.17, 15) is 4.79 Å². The lowest BCUT2D eigenvalue weighted by Gasteiger charge is -2.34. The average molecular weight is 295 g/mol. The Bertz CT molecular complexity index is 665. The Hall–Kier alpha value is -2.10. The van der Waals surface area contributed by atoms with E-state index >= 15 is 0 Å². The van der Waals surface area contributed by atoms with Gasteiger partial charge in [0.2, 0.25) is 5.91 Å². The Balaban J connectivity index is 1.51. The number of aryl methyl sites for hydroxylation is 1. The molecule has 1 aromatic heterocycles. The van der Waals surface area contributed by atoms with Gasteiger partial charge in [-0.2, -0.15) is 5.10 Å². The third-order valence-electron chi connectivity index (χ3n) is 5.04. The van der Waals surface area contributed by atoms with E-state index in [0.29, 0.717) is 11.9 Å². The molecular weight excluding hydrogens is 274 g/mol. The van der Waals surface area contributed by atoms with Gasteiger partial charge in [0.25, 0.3) is 0 Å². The van der Waals surface area contributed by atoms with Gasteiger partial charge < -0.3 is 4.90 Å². The highest BCUT2D eigenvalue weighted by molar-refractivity contribution is 5.85. The van der Waals surface area contributed by atoms with E-state index in [-0.39, 0.29) is 5.92 Å². The van der Waals surface area contributed by atoms with Crippen molar-refractivity contribution < 1.29 is 4.79 Å². The second-order valence-electron chi connectivity index (χ2n) is 6.36. The van der Waals surface area contributed by atoms with E-state index < -0.39 is 0 Å². The topological polar surface area (TPSA) is 38.1 Å². The zero-order valence-electron chi connectivity index (χ0n) is 12.7. The molecule has 2 heterocycles. The largest absolute Gasteiger partial charge is 0.340 e. The summed E-state index contributed by atoms with van der Waals surface area (Å²) >= 11 is 0. The summed E-state index contributed by atoms with van der Waals surface area (Å²) in [5.41, 5.74) is 2.59. The van der Waals surface area contributed by atoms with E-state index in [1.165, 1.54) is 11.1 Å². The number of amides is 1. The molecule has 2 aromatic rings. The number of hydrogen-bond donors (Lipinski definition) is 0. The molecule has 114 valence electrons. The predicted molar refractivity (Wildman–Crippen MR) is 84.6 cm³/mol. The number of nitrogens with zero attached hydrogens (tertiary/aromatic N) is 3. The maximum Gasteiger partial charge on any atom is 0.230 e. The zero-order chi connectivity index (χ0) is 14.9. The van der Waals surface area contributed by atoms with Gasteiger partial charge in [0.05, 0.1) is 12.0 Å². The van der Waals surface area contributed by atoms with Crippen LogP contribution in [0, 0.1) is 0 Å². The summed E-state index contributed by atoms with van der Waals surface area (Å²) in [6.45, 7) is 1.68. The molecule has 0 bridgehead atoms. The maximum absolute atomic E-state index is 13.0. The van der Waals surface area contributed by atoms with Gasteiger partial charge in [0.15, 0.2) is 0 Å². The van der Waals surface area contributed by atoms with Crippen molar-refractivity contribution >= 4 is 5.91 Å². The summed E-state index contributed by atoms with van der Waals surface area (Å²) in [5, 5.41) is 4.35. The minimum atomic E-state index is 0.0626. The molecule has 0 radical (unpaired) electrons. The highest BCUT2D eigenvalue weighted by atomic mass is 16.2. The van der Waals surface area contributed by atoms with Gasteiger partial charge in [0, 0.05) is 25.5 Å². The van der Waals surface area contributed by atoms with Crippen LogP contribution < -0.4 is 0 Å². The third kappa shape index (κ3) is 2.32. The molecule has 1 aromatic carbocycles. The second-order valence-corrected chi connectivity index (χ2v) is 6.36. The van der Waals surface area contributed by atoms with Crippen molar-refractivity contribution in [2.24, 2.45) is 0 Å². The van der Waals surface area contributed by atoms with E-state index in [4.69, 9.17) is 0 Å². The minimum Gasteiger partial charge on any atom is -0.340 e. The van der Waals surface area contributed by atoms with Crippen molar-refractivity contribution in [2.45, 2.75) is 37.6 Å². The fourth-order valence-electron chi connectivity index (χ4n) is 3.90. The Kier molecular flexibility index (Phi) is 3.45. The number of aromatic nitrogens is 2. The van der Waals surface area contributed by atoms with Gasteiger partial charge in [-0.15, -0.1) is 0 Å². The lowest BCUT2D eigenvalue weighted by Crippen LogP contribution is -2.42. The van der Waals surface area contributed by atoms with Gasteiger partial charge in [-0.1, -0.05) is 24.3 Å². The normalized spacial score (nSPS) is 24.3. The maximum atomic E-state index is 13.0. The number of carbonyl (C=O) groups excluding carboxylic acids is 1. The van der Waals surface area contributed by atoms with Gasteiger partial charge in [-0.25, -0.2) is 0 Å². The lowest BCUT2D eigenvalue weighted by atomic mass is 9.97. The van der Waals surface area contributed by atoms with Crippen LogP contribution in [0.15, 0.2) is 42.7 Å². The standard InChI is InChI=1S/C18H21N3O/c22-18(17-9-8-14-5-1-2-7-16(14)17)20-11-3-6-15(13-20)21-12-4-10-19-21/h1-2,4-5,7,10,12,15,17H,3,6,8-9,11,13H2/t15-,17+/m1/s1. The number of carbonyl (C=O) groups is 1. The average Bonchev–Trinajstić information content (AvgIpc) is 3.24. The molecule has 0 N–H and O–H groups in total. The summed E-state index contributed by atoms with van der Waals surface area (Å²) < 4.78 is 2.00. The molecule has 2 aliphatic rings. The first-order chi connectivity index (χ1) is 10.8. The highest BCUT2D eigenvalue weighted by Gasteiger charge is 2.34. The van der Waals surface area contributed by atoms with E-state index in [2.05, 4.69) is 28.2 Å². The summed E-state index contributed by atoms with van der Waals surface area (Å²) in [4.78, 5) is 15.0. The van der Waals surface area contributed by atoms with E-state index in [0.717, 1.165) is 38.8 Å². The van der Waals surface area contributed by atoms with Gasteiger partial charge in [-0.05, 0) is 42.9 Å². The molecule has 1 amide bonds. The molecule has 4 nitrogen and oxygen atoms in total. The van der Waals surface area contributed by atoms with Crippen molar-refractivity contribution in [1.82, 2.24) is 14.7 Å². The smallest absolute Gasteiger partial charge is 0.230 e. The van der Waals surface area contributed by atoms with Crippen LogP contribution in [-0.4, -0.2) is 33.7 Å². The summed E-state index contributed by atoms with van der Waals surface area (Å²) in [6.07, 6.45) is 7.97. The number of likely N-dealkylation sites (tertiary alicyclic amines) is 1. The number of piperidine rings is 1. The fourth-order valence-corrected chi connectivity index (χ4v) is 3.90. The molecular formula is C18H21N3O. The molecule has 1 fully saturated rings. The second kappa shape index (κ2) is 5.59. The van der Waals surface area contributed by atoms with Gasteiger partial charge in [0.1, 0.15) is 0 Å². The van der Waals surface area contributed by atoms with Crippen molar-refractivity contribution in [1.29, 1.82) is 0 Å². The zero-order valence-corrected chi connectivity index (χ0v) is 12.7. The molecule has 0 saturated carbocycles. The van der Waals surface area contributed by atoms with Crippen molar-refractivity contribution in [3.8, 4) is 0 Å². The summed E-state index contributed by atoms with van der Waals surface area (Å²) in [5.74, 6) is 0.370. The number of hydrogen-bond acceptors (Lipinski definition) is 2. The summed E-state index contributed by atoms with van der Waals surface area (Å²) in [7, 11) is 0. The molecule has 0 unspecified atom stereocenters. The van der Waals surface area contributed by atoms with Gasteiger partial charge >= 0.3 is 0 Å². The van der Waals surface area contributed by atoms with E-state index in [1.54, 1.807) is 0 Å². The Morgan fingerprint density at radius 3 is 2.95 bits per heavy atom. The van der Waals surface area contributed by atoms with Crippen molar-refractivity contribution in [2.75, 3.05) is 13.1 Å². The molecule has 4 heteroatoms. The van der Waals surface area contributed by atoms with E-state index in [1.807, 2.05) is 29.2 Å². The van der Waals surface area contributed by atoms with Crippen LogP contribution in [0.3, 0.4) is 0 Å². The molecule has 1 saturated heterocycles. The van der Waals surface area contributed by atoms with Crippen LogP contribution in [0.2, 0.25) is 0 Å². The summed E-state index contributed by atoms with van der Waals surface area (Å²) in [6, 6.07) is 10.7. The van der Waals surface area contributed by atoms with Crippen LogP contribution in [-0.2, 0) is 11.2 Å².